The number of nitrogens with zero attached hydrogens (tertiary/aromatic N) is 4. The summed E-state index contributed by atoms with van der Waals surface area (Å²) >= 11 is 0. The van der Waals surface area contributed by atoms with Crippen LogP contribution in [0.2, 0.25) is 0 Å². The topological polar surface area (TPSA) is 289 Å². The van der Waals surface area contributed by atoms with Crippen molar-refractivity contribution in [2.24, 2.45) is 4.99 Å². The van der Waals surface area contributed by atoms with E-state index in [9.17, 15) is 45.6 Å². The number of aryl methyl sites for hydroxylation is 4. The number of sulfonamides is 2. The number of allylic oxidation sites excluding steroid dienone is 1. The van der Waals surface area contributed by atoms with E-state index >= 15 is 0 Å². The van der Waals surface area contributed by atoms with Gasteiger partial charge in [0.1, 0.15) is 31.6 Å². The molecule has 4 N–H and O–H groups in total. The molecule has 1 aliphatic heterocycles. The van der Waals surface area contributed by atoms with Crippen molar-refractivity contribution < 1.29 is 84.0 Å². The molecule has 1 aromatic heterocycles. The molecule has 0 saturated heterocycles. The molecule has 0 spiro atoms. The SMILES string of the molecule is C=CC(=O)OCCN(CCOC(=O)C=C)C(C)C(=O)NC1=N/C(=C\c2[n-]c(NC(=O)C(C)N(COC=O)COC=O)c(S(=O)(=O)NC)c2-c2cc(C)ccc2C)C(c2cc(C)ccc2C)=C1S(=O)(=O)NC.[Zn]. The maximum Gasteiger partial charge on any atom is 0.330 e. The fourth-order valence-corrected chi connectivity index (χ4v) is 9.20. The number of nitrogens with one attached hydrogen (secondary N) is 4. The van der Waals surface area contributed by atoms with Crippen LogP contribution in [0.4, 0.5) is 5.82 Å². The van der Waals surface area contributed by atoms with E-state index in [0.717, 1.165) is 24.1 Å². The molecule has 25 heteroatoms. The molecule has 0 saturated carbocycles. The summed E-state index contributed by atoms with van der Waals surface area (Å²) in [6.45, 7) is 15.4. The molecule has 384 valence electrons. The van der Waals surface area contributed by atoms with Crippen molar-refractivity contribution in [1.82, 2.24) is 29.5 Å². The van der Waals surface area contributed by atoms with Gasteiger partial charge in [-0.05, 0) is 95.5 Å². The monoisotopic (exact) mass is 1090 g/mol. The maximum absolute atomic E-state index is 14.4. The second kappa shape index (κ2) is 26.8. The number of hydrogen-bond acceptors (Lipinski definition) is 17. The van der Waals surface area contributed by atoms with Gasteiger partial charge < -0.3 is 34.6 Å². The number of carbonyl (C=O) groups is 6. The number of benzene rings is 2. The number of amidine groups is 1. The van der Waals surface area contributed by atoms with Crippen molar-refractivity contribution in [3.05, 3.63) is 106 Å². The van der Waals surface area contributed by atoms with Crippen molar-refractivity contribution in [2.75, 3.05) is 59.2 Å². The number of carbonyl (C=O) groups excluding carboxylic acids is 6. The molecule has 0 radical (unpaired) electrons. The number of aromatic nitrogens is 1. The van der Waals surface area contributed by atoms with Gasteiger partial charge in [0, 0.05) is 55.9 Å². The fourth-order valence-electron chi connectivity index (χ4n) is 7.12. The molecule has 2 atom stereocenters. The molecule has 1 aliphatic rings. The van der Waals surface area contributed by atoms with Crippen molar-refractivity contribution >= 4 is 80.0 Å². The summed E-state index contributed by atoms with van der Waals surface area (Å²) < 4.78 is 81.8. The Morgan fingerprint density at radius 2 is 1.22 bits per heavy atom. The van der Waals surface area contributed by atoms with Crippen LogP contribution >= 0.6 is 0 Å². The Kier molecular flexibility index (Phi) is 22.3. The van der Waals surface area contributed by atoms with Gasteiger partial charge in [-0.3, -0.25) is 24.1 Å². The molecule has 2 unspecified atom stereocenters. The minimum atomic E-state index is -4.55. The smallest absolute Gasteiger partial charge is 0.330 e. The summed E-state index contributed by atoms with van der Waals surface area (Å²) in [5.74, 6) is -3.99. The first-order valence-corrected chi connectivity index (χ1v) is 24.6. The molecule has 4 rings (SSSR count). The van der Waals surface area contributed by atoms with E-state index in [1.165, 1.54) is 31.9 Å². The van der Waals surface area contributed by atoms with Crippen LogP contribution in [0.15, 0.2) is 82.2 Å². The molecule has 0 fully saturated rings. The normalized spacial score (nSPS) is 13.9. The van der Waals surface area contributed by atoms with Gasteiger partial charge in [0.05, 0.1) is 22.7 Å². The summed E-state index contributed by atoms with van der Waals surface area (Å²) in [7, 11) is -6.77. The van der Waals surface area contributed by atoms with E-state index < -0.39 is 90.8 Å². The van der Waals surface area contributed by atoms with Crippen LogP contribution in [-0.4, -0.2) is 135 Å². The van der Waals surface area contributed by atoms with Gasteiger partial charge in [-0.1, -0.05) is 60.7 Å². The first-order valence-electron chi connectivity index (χ1n) is 21.7. The predicted octanol–water partition coefficient (Wildman–Crippen LogP) is 2.32. The third-order valence-corrected chi connectivity index (χ3v) is 14.0. The zero-order valence-corrected chi connectivity index (χ0v) is 45.8. The largest absolute Gasteiger partial charge is 0.461 e. The van der Waals surface area contributed by atoms with Gasteiger partial charge in [0.25, 0.3) is 12.9 Å². The third kappa shape index (κ3) is 14.8. The molecule has 0 bridgehead atoms. The summed E-state index contributed by atoms with van der Waals surface area (Å²) in [5, 5.41) is 5.24. The Morgan fingerprint density at radius 3 is 1.72 bits per heavy atom. The fraction of sp³-hybridized carbons (Fsp3) is 0.340. The van der Waals surface area contributed by atoms with Crippen LogP contribution in [0.3, 0.4) is 0 Å². The van der Waals surface area contributed by atoms with E-state index in [4.69, 9.17) is 28.9 Å². The Labute approximate surface area is 431 Å². The molecule has 72 heavy (non-hydrogen) atoms. The zero-order chi connectivity index (χ0) is 52.8. The minimum Gasteiger partial charge on any atom is -0.461 e. The molecule has 3 aromatic rings. The first-order chi connectivity index (χ1) is 33.6. The Hall–Kier alpha value is -6.47. The van der Waals surface area contributed by atoms with Crippen molar-refractivity contribution in [2.45, 2.75) is 58.5 Å². The molecule has 0 aliphatic carbocycles. The molecular formula is C47H57N8O14S2Zn-. The second-order valence-corrected chi connectivity index (χ2v) is 19.4. The van der Waals surface area contributed by atoms with E-state index in [1.54, 1.807) is 58.0 Å². The number of ether oxygens (including phenoxy) is 4. The van der Waals surface area contributed by atoms with Gasteiger partial charge in [0.15, 0.2) is 11.7 Å². The van der Waals surface area contributed by atoms with E-state index in [1.807, 2.05) is 6.07 Å². The van der Waals surface area contributed by atoms with E-state index in [-0.39, 0.29) is 81.3 Å². The molecule has 22 nitrogen and oxygen atoms in total. The third-order valence-electron chi connectivity index (χ3n) is 11.1. The van der Waals surface area contributed by atoms with Crippen molar-refractivity contribution in [1.29, 1.82) is 0 Å². The van der Waals surface area contributed by atoms with Gasteiger partial charge in [-0.25, -0.2) is 45.8 Å². The zero-order valence-electron chi connectivity index (χ0n) is 41.2. The standard InChI is InChI=1S/C47H58N8O14S2.Zn/c1-11-38(58)68-19-17-54(18-20-69-39(59)12-2)32(7)46(60)52-44-42(70(62,63)48-9)40(34-21-28(3)13-15-30(34)5)36(50-44)23-37-41(35-22-29(4)14-16-31(35)6)43(71(64,65)49-10)45(51-37)53-47(61)33(8)55(24-66-26-56)25-67-27-57;/h11-16,21-23,26-27,32-33,48-49H,1-2,17-20,24-25H2,3-10H3,(H3,50,51,52,53,60,61);/p-1. The molecule has 2 aromatic carbocycles. The summed E-state index contributed by atoms with van der Waals surface area (Å²) in [5.41, 5.74) is 3.05. The van der Waals surface area contributed by atoms with Crippen molar-refractivity contribution in [3.8, 4) is 11.1 Å². The Bertz CT molecular complexity index is 2860. The number of amides is 2. The van der Waals surface area contributed by atoms with E-state index in [0.29, 0.717) is 33.4 Å². The van der Waals surface area contributed by atoms with Crippen molar-refractivity contribution in [3.63, 3.8) is 0 Å². The van der Waals surface area contributed by atoms with Gasteiger partial charge >= 0.3 is 11.9 Å². The predicted molar refractivity (Wildman–Crippen MR) is 263 cm³/mol. The molecule has 2 heterocycles. The van der Waals surface area contributed by atoms with Gasteiger partial charge in [-0.2, -0.15) is 0 Å². The van der Waals surface area contributed by atoms with Crippen LogP contribution in [0.25, 0.3) is 22.8 Å². The average Bonchev–Trinajstić information content (AvgIpc) is 3.89. The second-order valence-electron chi connectivity index (χ2n) is 15.8. The Morgan fingerprint density at radius 1 is 0.736 bits per heavy atom. The summed E-state index contributed by atoms with van der Waals surface area (Å²) in [4.78, 5) is 85.4. The van der Waals surface area contributed by atoms with E-state index in [2.05, 4.69) is 33.2 Å². The molecular weight excluding hydrogens is 1030 g/mol. The number of aliphatic imine (C=N–C) groups is 1. The summed E-state index contributed by atoms with van der Waals surface area (Å²) in [6.07, 6.45) is 3.27. The number of hydrogen-bond donors (Lipinski definition) is 4. The van der Waals surface area contributed by atoms with Crippen LogP contribution in [-0.2, 0) is 87.2 Å². The minimum absolute atomic E-state index is 0. The summed E-state index contributed by atoms with van der Waals surface area (Å²) in [6, 6.07) is 8.19. The number of esters is 2. The van der Waals surface area contributed by atoms with Crippen LogP contribution in [0.5, 0.6) is 0 Å². The Balaban J connectivity index is 0.0000137. The number of anilines is 1. The number of rotatable bonds is 26. The van der Waals surface area contributed by atoms with Crippen LogP contribution in [0.1, 0.15) is 47.4 Å². The molecule has 2 amide bonds. The maximum atomic E-state index is 14.4. The van der Waals surface area contributed by atoms with Crippen LogP contribution in [0, 0.1) is 27.7 Å². The van der Waals surface area contributed by atoms with Gasteiger partial charge in [-0.15, -0.1) is 0 Å². The van der Waals surface area contributed by atoms with Gasteiger partial charge in [0.2, 0.25) is 26.0 Å². The van der Waals surface area contributed by atoms with Crippen LogP contribution < -0.4 is 25.1 Å². The first kappa shape index (κ1) is 59.8. The average molecular weight is 1090 g/mol. The quantitative estimate of drug-likeness (QED) is 0.0224.